The van der Waals surface area contributed by atoms with Gasteiger partial charge in [0, 0.05) is 11.0 Å². The minimum absolute atomic E-state index is 0.0474. The molecule has 0 unspecified atom stereocenters. The molecule has 1 aromatic rings. The van der Waals surface area contributed by atoms with Gasteiger partial charge in [0.1, 0.15) is 5.60 Å². The van der Waals surface area contributed by atoms with Gasteiger partial charge in [-0.15, -0.1) is 0 Å². The Morgan fingerprint density at radius 3 is 2.57 bits per heavy atom. The van der Waals surface area contributed by atoms with Crippen molar-refractivity contribution in [3.05, 3.63) is 28.2 Å². The number of carbonyl (C=O) groups excluding carboxylic acids is 3. The van der Waals surface area contributed by atoms with Crippen LogP contribution >= 0.6 is 15.9 Å². The maximum atomic E-state index is 12.0. The van der Waals surface area contributed by atoms with Gasteiger partial charge in [-0.2, -0.15) is 0 Å². The molecule has 21 heavy (non-hydrogen) atoms. The van der Waals surface area contributed by atoms with E-state index >= 15 is 0 Å². The van der Waals surface area contributed by atoms with Crippen LogP contribution in [0.2, 0.25) is 0 Å². The molecule has 0 N–H and O–H groups in total. The molecule has 0 aromatic heterocycles. The van der Waals surface area contributed by atoms with Gasteiger partial charge < -0.3 is 9.64 Å². The lowest BCUT2D eigenvalue weighted by Crippen LogP contribution is -2.33. The van der Waals surface area contributed by atoms with E-state index in [9.17, 15) is 14.4 Å². The number of halogens is 1. The largest absolute Gasteiger partial charge is 0.460 e. The molecule has 0 saturated heterocycles. The number of hydrogen-bond acceptors (Lipinski definition) is 4. The van der Waals surface area contributed by atoms with Crippen molar-refractivity contribution in [3.8, 4) is 0 Å². The van der Waals surface area contributed by atoms with E-state index in [-0.39, 0.29) is 13.0 Å². The third-order valence-corrected chi connectivity index (χ3v) is 3.39. The van der Waals surface area contributed by atoms with Crippen molar-refractivity contribution < 1.29 is 19.1 Å². The van der Waals surface area contributed by atoms with Crippen molar-refractivity contribution in [2.24, 2.45) is 0 Å². The van der Waals surface area contributed by atoms with Crippen LogP contribution in [-0.2, 0) is 14.3 Å². The van der Waals surface area contributed by atoms with Crippen LogP contribution in [0.15, 0.2) is 22.7 Å². The number of anilines is 1. The third kappa shape index (κ3) is 3.50. The first kappa shape index (κ1) is 15.7. The van der Waals surface area contributed by atoms with E-state index in [4.69, 9.17) is 4.74 Å². The molecule has 5 nitrogen and oxygen atoms in total. The minimum Gasteiger partial charge on any atom is -0.460 e. The Labute approximate surface area is 131 Å². The van der Waals surface area contributed by atoms with Gasteiger partial charge in [-0.1, -0.05) is 15.9 Å². The van der Waals surface area contributed by atoms with E-state index in [1.165, 1.54) is 4.90 Å². The molecule has 2 rings (SSSR count). The summed E-state index contributed by atoms with van der Waals surface area (Å²) in [4.78, 5) is 36.9. The van der Waals surface area contributed by atoms with E-state index in [2.05, 4.69) is 15.9 Å². The van der Waals surface area contributed by atoms with E-state index in [0.29, 0.717) is 11.3 Å². The SMILES string of the molecule is CC(C)(C)OC(=O)CCN1C(=O)C(=O)c2cc(Br)ccc21. The van der Waals surface area contributed by atoms with Gasteiger partial charge in [-0.05, 0) is 39.0 Å². The van der Waals surface area contributed by atoms with E-state index < -0.39 is 23.3 Å². The maximum absolute atomic E-state index is 12.0. The molecule has 0 atom stereocenters. The van der Waals surface area contributed by atoms with Crippen LogP contribution < -0.4 is 4.90 Å². The summed E-state index contributed by atoms with van der Waals surface area (Å²) in [5, 5.41) is 0. The first-order chi connectivity index (χ1) is 9.69. The maximum Gasteiger partial charge on any atom is 0.308 e. The van der Waals surface area contributed by atoms with Gasteiger partial charge in [0.05, 0.1) is 17.7 Å². The number of benzene rings is 1. The zero-order valence-corrected chi connectivity index (χ0v) is 13.7. The average molecular weight is 354 g/mol. The van der Waals surface area contributed by atoms with Gasteiger partial charge in [-0.3, -0.25) is 14.4 Å². The van der Waals surface area contributed by atoms with Crippen molar-refractivity contribution >= 4 is 39.3 Å². The zero-order chi connectivity index (χ0) is 15.8. The Hall–Kier alpha value is -1.69. The minimum atomic E-state index is -0.605. The van der Waals surface area contributed by atoms with Gasteiger partial charge in [-0.25, -0.2) is 0 Å². The van der Waals surface area contributed by atoms with Crippen molar-refractivity contribution in [1.82, 2.24) is 0 Å². The lowest BCUT2D eigenvalue weighted by molar-refractivity contribution is -0.154. The van der Waals surface area contributed by atoms with E-state index in [1.807, 2.05) is 0 Å². The standard InChI is InChI=1S/C15H16BrNO4/c1-15(2,3)21-12(18)6-7-17-11-5-4-9(16)8-10(11)13(19)14(17)20/h4-5,8H,6-7H2,1-3H3. The molecule has 0 spiro atoms. The van der Waals surface area contributed by atoms with Crippen LogP contribution in [0.25, 0.3) is 0 Å². The highest BCUT2D eigenvalue weighted by Gasteiger charge is 2.36. The van der Waals surface area contributed by atoms with Crippen LogP contribution in [-0.4, -0.2) is 29.8 Å². The fourth-order valence-corrected chi connectivity index (χ4v) is 2.45. The smallest absolute Gasteiger partial charge is 0.308 e. The van der Waals surface area contributed by atoms with Crippen LogP contribution in [0, 0.1) is 0 Å². The number of fused-ring (bicyclic) bond motifs is 1. The molecule has 0 fully saturated rings. The second-order valence-electron chi connectivity index (χ2n) is 5.78. The first-order valence-corrected chi connectivity index (χ1v) is 7.36. The number of Topliss-reactive ketones (excluding diaryl/α,β-unsaturated/α-hetero) is 1. The molecule has 6 heteroatoms. The number of esters is 1. The number of ether oxygens (including phenoxy) is 1. The van der Waals surface area contributed by atoms with Crippen molar-refractivity contribution in [3.63, 3.8) is 0 Å². The lowest BCUT2D eigenvalue weighted by Gasteiger charge is -2.21. The van der Waals surface area contributed by atoms with Crippen molar-refractivity contribution in [2.75, 3.05) is 11.4 Å². The molecule has 0 bridgehead atoms. The van der Waals surface area contributed by atoms with Crippen LogP contribution in [0.3, 0.4) is 0 Å². The lowest BCUT2D eigenvalue weighted by atomic mass is 10.1. The fraction of sp³-hybridized carbons (Fsp3) is 0.400. The van der Waals surface area contributed by atoms with Crippen molar-refractivity contribution in [1.29, 1.82) is 0 Å². The Morgan fingerprint density at radius 2 is 1.95 bits per heavy atom. The van der Waals surface area contributed by atoms with Crippen LogP contribution in [0.5, 0.6) is 0 Å². The second-order valence-corrected chi connectivity index (χ2v) is 6.70. The number of amides is 1. The summed E-state index contributed by atoms with van der Waals surface area (Å²) in [6.45, 7) is 5.47. The Morgan fingerprint density at radius 1 is 1.29 bits per heavy atom. The average Bonchev–Trinajstić information content (AvgIpc) is 2.58. The number of carbonyl (C=O) groups is 3. The highest BCUT2D eigenvalue weighted by Crippen LogP contribution is 2.31. The summed E-state index contributed by atoms with van der Waals surface area (Å²) in [5.41, 5.74) is 0.334. The highest BCUT2D eigenvalue weighted by molar-refractivity contribution is 9.10. The van der Waals surface area contributed by atoms with E-state index in [1.54, 1.807) is 39.0 Å². The summed E-state index contributed by atoms with van der Waals surface area (Å²) in [7, 11) is 0. The summed E-state index contributed by atoms with van der Waals surface area (Å²) in [6.07, 6.45) is 0.0474. The molecule has 0 saturated carbocycles. The van der Waals surface area contributed by atoms with Gasteiger partial charge in [0.2, 0.25) is 0 Å². The van der Waals surface area contributed by atoms with Crippen LogP contribution in [0.4, 0.5) is 5.69 Å². The van der Waals surface area contributed by atoms with E-state index in [0.717, 1.165) is 4.47 Å². The number of rotatable bonds is 3. The molecule has 1 amide bonds. The van der Waals surface area contributed by atoms with Crippen LogP contribution in [0.1, 0.15) is 37.6 Å². The fourth-order valence-electron chi connectivity index (χ4n) is 2.09. The molecule has 0 radical (unpaired) electrons. The van der Waals surface area contributed by atoms with Gasteiger partial charge in [0.15, 0.2) is 0 Å². The number of ketones is 1. The van der Waals surface area contributed by atoms with Gasteiger partial charge >= 0.3 is 5.97 Å². The predicted molar refractivity (Wildman–Crippen MR) is 81.3 cm³/mol. The second kappa shape index (κ2) is 5.60. The Bertz CT molecular complexity index is 619. The Balaban J connectivity index is 2.10. The summed E-state index contributed by atoms with van der Waals surface area (Å²) >= 11 is 3.27. The number of hydrogen-bond donors (Lipinski definition) is 0. The number of nitrogens with zero attached hydrogens (tertiary/aromatic N) is 1. The molecule has 1 aliphatic heterocycles. The molecule has 1 aromatic carbocycles. The monoisotopic (exact) mass is 353 g/mol. The first-order valence-electron chi connectivity index (χ1n) is 6.56. The summed E-state index contributed by atoms with van der Waals surface area (Å²) < 4.78 is 5.93. The molecular formula is C15H16BrNO4. The summed E-state index contributed by atoms with van der Waals surface area (Å²) in [5.74, 6) is -1.55. The Kier molecular flexibility index (Phi) is 4.18. The molecule has 112 valence electrons. The summed E-state index contributed by atoms with van der Waals surface area (Å²) in [6, 6.07) is 5.06. The molecule has 1 aliphatic rings. The molecule has 1 heterocycles. The quantitative estimate of drug-likeness (QED) is 0.619. The predicted octanol–water partition coefficient (Wildman–Crippen LogP) is 2.71. The topological polar surface area (TPSA) is 63.7 Å². The van der Waals surface area contributed by atoms with Crippen molar-refractivity contribution in [2.45, 2.75) is 32.8 Å². The third-order valence-electron chi connectivity index (χ3n) is 2.89. The highest BCUT2D eigenvalue weighted by atomic mass is 79.9. The zero-order valence-electron chi connectivity index (χ0n) is 12.1. The molecule has 0 aliphatic carbocycles. The van der Waals surface area contributed by atoms with Gasteiger partial charge in [0.25, 0.3) is 11.7 Å². The normalized spacial score (nSPS) is 14.4. The molecular weight excluding hydrogens is 338 g/mol.